The smallest absolute Gasteiger partial charge is 0.262 e. The average Bonchev–Trinajstić information content (AvgIpc) is 3.04. The molecule has 0 fully saturated rings. The largest absolute Gasteiger partial charge is 0.307 e. The van der Waals surface area contributed by atoms with Crippen molar-refractivity contribution in [3.8, 4) is 0 Å². The van der Waals surface area contributed by atoms with Crippen LogP contribution in [0.2, 0.25) is 5.02 Å². The van der Waals surface area contributed by atoms with Gasteiger partial charge in [0.05, 0.1) is 11.1 Å². The third kappa shape index (κ3) is 2.43. The highest BCUT2D eigenvalue weighted by Gasteiger charge is 2.39. The molecule has 3 amide bonds. The van der Waals surface area contributed by atoms with Crippen LogP contribution in [0, 0.1) is 0 Å². The van der Waals surface area contributed by atoms with Gasteiger partial charge < -0.3 is 4.90 Å². The molecule has 0 bridgehead atoms. The van der Waals surface area contributed by atoms with Gasteiger partial charge in [-0.2, -0.15) is 0 Å². The molecule has 0 N–H and O–H groups in total. The van der Waals surface area contributed by atoms with Crippen molar-refractivity contribution in [1.29, 1.82) is 0 Å². The Kier molecular flexibility index (Phi) is 3.62. The number of rotatable bonds is 2. The highest BCUT2D eigenvalue weighted by atomic mass is 35.5. The monoisotopic (exact) mass is 354 g/mol. The number of amides is 3. The van der Waals surface area contributed by atoms with Crippen molar-refractivity contribution in [3.63, 3.8) is 0 Å². The zero-order valence-electron chi connectivity index (χ0n) is 13.5. The quantitative estimate of drug-likeness (QED) is 0.779. The van der Waals surface area contributed by atoms with Crippen LogP contribution in [0.25, 0.3) is 0 Å². The van der Waals surface area contributed by atoms with Crippen molar-refractivity contribution in [2.45, 2.75) is 19.4 Å². The summed E-state index contributed by atoms with van der Waals surface area (Å²) in [5.74, 6) is -1.20. The minimum Gasteiger partial charge on any atom is -0.307 e. The second-order valence-electron chi connectivity index (χ2n) is 6.33. The van der Waals surface area contributed by atoms with E-state index in [-0.39, 0.29) is 29.6 Å². The number of imide groups is 1. The first-order chi connectivity index (χ1) is 12.0. The maximum absolute atomic E-state index is 12.8. The van der Waals surface area contributed by atoms with Gasteiger partial charge in [-0.05, 0) is 43.2 Å². The lowest BCUT2D eigenvalue weighted by Crippen LogP contribution is -2.45. The summed E-state index contributed by atoms with van der Waals surface area (Å²) >= 11 is 5.91. The standard InChI is InChI=1S/C19H15ClN2O3/c1-11-8-12-4-2-3-5-16(12)22(11)17(23)10-21-18(24)14-7-6-13(20)9-15(14)19(21)25/h2-7,9,11H,8,10H2,1H3. The normalized spacial score (nSPS) is 18.6. The summed E-state index contributed by atoms with van der Waals surface area (Å²) in [4.78, 5) is 40.5. The van der Waals surface area contributed by atoms with Gasteiger partial charge in [0.15, 0.2) is 0 Å². The minimum atomic E-state index is -0.476. The molecule has 25 heavy (non-hydrogen) atoms. The number of para-hydroxylation sites is 1. The summed E-state index contributed by atoms with van der Waals surface area (Å²) in [7, 11) is 0. The Hall–Kier alpha value is -2.66. The molecule has 2 aromatic carbocycles. The molecular formula is C19H15ClN2O3. The Morgan fingerprint density at radius 1 is 1.12 bits per heavy atom. The summed E-state index contributed by atoms with van der Waals surface area (Å²) in [6.07, 6.45) is 0.764. The number of hydrogen-bond donors (Lipinski definition) is 0. The highest BCUT2D eigenvalue weighted by molar-refractivity contribution is 6.32. The Morgan fingerprint density at radius 2 is 1.84 bits per heavy atom. The number of fused-ring (bicyclic) bond motifs is 2. The number of benzene rings is 2. The summed E-state index contributed by atoms with van der Waals surface area (Å²) in [5.41, 5.74) is 2.48. The molecule has 0 saturated carbocycles. The fraction of sp³-hybridized carbons (Fsp3) is 0.211. The van der Waals surface area contributed by atoms with Gasteiger partial charge in [0.2, 0.25) is 5.91 Å². The average molecular weight is 355 g/mol. The van der Waals surface area contributed by atoms with E-state index in [1.54, 1.807) is 11.0 Å². The first-order valence-corrected chi connectivity index (χ1v) is 8.41. The van der Waals surface area contributed by atoms with Crippen LogP contribution in [-0.4, -0.2) is 35.2 Å². The van der Waals surface area contributed by atoms with Crippen LogP contribution in [-0.2, 0) is 11.2 Å². The van der Waals surface area contributed by atoms with E-state index in [0.717, 1.165) is 22.6 Å². The van der Waals surface area contributed by atoms with E-state index >= 15 is 0 Å². The van der Waals surface area contributed by atoms with Crippen molar-refractivity contribution in [1.82, 2.24) is 4.90 Å². The zero-order valence-corrected chi connectivity index (χ0v) is 14.3. The SMILES string of the molecule is CC1Cc2ccccc2N1C(=O)CN1C(=O)c2ccc(Cl)cc2C1=O. The van der Waals surface area contributed by atoms with Gasteiger partial charge >= 0.3 is 0 Å². The molecule has 2 aliphatic rings. The molecule has 1 unspecified atom stereocenters. The van der Waals surface area contributed by atoms with E-state index in [1.807, 2.05) is 31.2 Å². The summed E-state index contributed by atoms with van der Waals surface area (Å²) in [6.45, 7) is 1.68. The third-order valence-electron chi connectivity index (χ3n) is 4.70. The third-order valence-corrected chi connectivity index (χ3v) is 4.94. The van der Waals surface area contributed by atoms with Crippen molar-refractivity contribution in [2.24, 2.45) is 0 Å². The second kappa shape index (κ2) is 5.70. The molecule has 0 aliphatic carbocycles. The lowest BCUT2D eigenvalue weighted by atomic mass is 10.1. The van der Waals surface area contributed by atoms with E-state index < -0.39 is 11.8 Å². The molecule has 2 aliphatic heterocycles. The van der Waals surface area contributed by atoms with E-state index in [2.05, 4.69) is 0 Å². The number of carbonyl (C=O) groups excluding carboxylic acids is 3. The maximum atomic E-state index is 12.8. The zero-order chi connectivity index (χ0) is 17.7. The molecule has 0 radical (unpaired) electrons. The van der Waals surface area contributed by atoms with Gasteiger partial charge in [0, 0.05) is 16.8 Å². The molecule has 4 rings (SSSR count). The molecule has 0 saturated heterocycles. The van der Waals surface area contributed by atoms with Gasteiger partial charge in [0.1, 0.15) is 6.54 Å². The first-order valence-electron chi connectivity index (χ1n) is 8.03. The van der Waals surface area contributed by atoms with Gasteiger partial charge in [-0.15, -0.1) is 0 Å². The molecule has 0 spiro atoms. The second-order valence-corrected chi connectivity index (χ2v) is 6.77. The first kappa shape index (κ1) is 15.8. The number of nitrogens with zero attached hydrogens (tertiary/aromatic N) is 2. The van der Waals surface area contributed by atoms with E-state index in [4.69, 9.17) is 11.6 Å². The fourth-order valence-corrected chi connectivity index (χ4v) is 3.74. The van der Waals surface area contributed by atoms with Crippen molar-refractivity contribution < 1.29 is 14.4 Å². The number of carbonyl (C=O) groups is 3. The Bertz CT molecular complexity index is 925. The van der Waals surface area contributed by atoms with Crippen LogP contribution in [0.5, 0.6) is 0 Å². The maximum Gasteiger partial charge on any atom is 0.262 e. The van der Waals surface area contributed by atoms with Crippen LogP contribution in [0.15, 0.2) is 42.5 Å². The molecule has 2 heterocycles. The van der Waals surface area contributed by atoms with Gasteiger partial charge in [-0.25, -0.2) is 0 Å². The molecular weight excluding hydrogens is 340 g/mol. The molecule has 6 heteroatoms. The molecule has 0 aromatic heterocycles. The summed E-state index contributed by atoms with van der Waals surface area (Å²) in [5, 5.41) is 0.384. The lowest BCUT2D eigenvalue weighted by Gasteiger charge is -2.25. The molecule has 126 valence electrons. The van der Waals surface area contributed by atoms with E-state index in [9.17, 15) is 14.4 Å². The molecule has 2 aromatic rings. The van der Waals surface area contributed by atoms with Crippen LogP contribution >= 0.6 is 11.6 Å². The number of hydrogen-bond acceptors (Lipinski definition) is 3. The summed E-state index contributed by atoms with van der Waals surface area (Å²) in [6, 6.07) is 12.2. The molecule has 1 atom stereocenters. The minimum absolute atomic E-state index is 0.00507. The van der Waals surface area contributed by atoms with Crippen LogP contribution in [0.4, 0.5) is 5.69 Å². The summed E-state index contributed by atoms with van der Waals surface area (Å²) < 4.78 is 0. The number of halogens is 1. The van der Waals surface area contributed by atoms with Crippen molar-refractivity contribution >= 4 is 35.0 Å². The van der Waals surface area contributed by atoms with Crippen molar-refractivity contribution in [3.05, 3.63) is 64.2 Å². The Labute approximate surface area is 149 Å². The number of anilines is 1. The van der Waals surface area contributed by atoms with Crippen LogP contribution < -0.4 is 4.90 Å². The fourth-order valence-electron chi connectivity index (χ4n) is 3.56. The van der Waals surface area contributed by atoms with Crippen LogP contribution in [0.1, 0.15) is 33.2 Å². The van der Waals surface area contributed by atoms with Gasteiger partial charge in [-0.3, -0.25) is 19.3 Å². The van der Waals surface area contributed by atoms with Gasteiger partial charge in [-0.1, -0.05) is 29.8 Å². The Morgan fingerprint density at radius 3 is 2.64 bits per heavy atom. The van der Waals surface area contributed by atoms with E-state index in [0.29, 0.717) is 5.02 Å². The van der Waals surface area contributed by atoms with Gasteiger partial charge in [0.25, 0.3) is 11.8 Å². The van der Waals surface area contributed by atoms with Crippen molar-refractivity contribution in [2.75, 3.05) is 11.4 Å². The predicted octanol–water partition coefficient (Wildman–Crippen LogP) is 2.91. The Balaban J connectivity index is 1.60. The highest BCUT2D eigenvalue weighted by Crippen LogP contribution is 2.32. The lowest BCUT2D eigenvalue weighted by molar-refractivity contribution is -0.119. The van der Waals surface area contributed by atoms with Crippen LogP contribution in [0.3, 0.4) is 0 Å². The predicted molar refractivity (Wildman–Crippen MR) is 93.9 cm³/mol. The van der Waals surface area contributed by atoms with E-state index in [1.165, 1.54) is 12.1 Å². The molecule has 5 nitrogen and oxygen atoms in total. The topological polar surface area (TPSA) is 57.7 Å².